The number of carbonyl (C=O) groups excluding carboxylic acids is 2. The number of rotatable bonds is 6. The van der Waals surface area contributed by atoms with Crippen molar-refractivity contribution in [1.29, 1.82) is 0 Å². The van der Waals surface area contributed by atoms with E-state index in [4.69, 9.17) is 0 Å². The van der Waals surface area contributed by atoms with Gasteiger partial charge in [0, 0.05) is 18.7 Å². The van der Waals surface area contributed by atoms with Crippen LogP contribution < -0.4 is 5.32 Å². The highest BCUT2D eigenvalue weighted by Crippen LogP contribution is 2.32. The first-order valence-corrected chi connectivity index (χ1v) is 10.3. The van der Waals surface area contributed by atoms with Gasteiger partial charge in [0.15, 0.2) is 5.17 Å². The average molecular weight is 396 g/mol. The van der Waals surface area contributed by atoms with Gasteiger partial charge in [-0.05, 0) is 36.6 Å². The molecule has 0 spiro atoms. The van der Waals surface area contributed by atoms with Crippen molar-refractivity contribution in [3.63, 3.8) is 0 Å². The number of amidine groups is 1. The predicted octanol–water partition coefficient (Wildman–Crippen LogP) is 4.61. The van der Waals surface area contributed by atoms with E-state index < -0.39 is 5.25 Å². The van der Waals surface area contributed by atoms with Crippen molar-refractivity contribution in [1.82, 2.24) is 4.90 Å². The Kier molecular flexibility index (Phi) is 6.52. The van der Waals surface area contributed by atoms with E-state index in [1.54, 1.807) is 4.90 Å². The molecule has 1 fully saturated rings. The van der Waals surface area contributed by atoms with Crippen LogP contribution in [0.5, 0.6) is 0 Å². The molecule has 1 N–H and O–H groups in total. The number of hydrogen-bond acceptors (Lipinski definition) is 4. The van der Waals surface area contributed by atoms with E-state index in [-0.39, 0.29) is 18.2 Å². The summed E-state index contributed by atoms with van der Waals surface area (Å²) in [6.07, 6.45) is 0.125. The van der Waals surface area contributed by atoms with E-state index in [9.17, 15) is 9.59 Å². The molecule has 0 aliphatic carbocycles. The lowest BCUT2D eigenvalue weighted by molar-refractivity contribution is -0.128. The third-order valence-electron chi connectivity index (χ3n) is 4.34. The highest BCUT2D eigenvalue weighted by molar-refractivity contribution is 8.15. The molecule has 0 aromatic heterocycles. The lowest BCUT2D eigenvalue weighted by Crippen LogP contribution is -2.36. The Morgan fingerprint density at radius 3 is 2.50 bits per heavy atom. The summed E-state index contributed by atoms with van der Waals surface area (Å²) < 4.78 is 0. The zero-order chi connectivity index (χ0) is 20.1. The zero-order valence-corrected chi connectivity index (χ0v) is 17.2. The lowest BCUT2D eigenvalue weighted by atomic mass is 10.1. The summed E-state index contributed by atoms with van der Waals surface area (Å²) in [4.78, 5) is 31.8. The third kappa shape index (κ3) is 5.01. The summed E-state index contributed by atoms with van der Waals surface area (Å²) in [5, 5.41) is 3.13. The second-order valence-electron chi connectivity index (χ2n) is 7.25. The van der Waals surface area contributed by atoms with E-state index in [1.165, 1.54) is 11.8 Å². The van der Waals surface area contributed by atoms with E-state index >= 15 is 0 Å². The van der Waals surface area contributed by atoms with Gasteiger partial charge in [0.05, 0.1) is 5.69 Å². The van der Waals surface area contributed by atoms with Crippen molar-refractivity contribution < 1.29 is 9.59 Å². The van der Waals surface area contributed by atoms with Gasteiger partial charge in [-0.15, -0.1) is 0 Å². The number of para-hydroxylation sites is 2. The minimum Gasteiger partial charge on any atom is -0.326 e. The van der Waals surface area contributed by atoms with Gasteiger partial charge in [-0.2, -0.15) is 0 Å². The van der Waals surface area contributed by atoms with Crippen molar-refractivity contribution in [3.05, 3.63) is 60.2 Å². The number of nitrogens with one attached hydrogen (secondary N) is 1. The minimum atomic E-state index is -0.453. The molecule has 0 bridgehead atoms. The van der Waals surface area contributed by atoms with Crippen LogP contribution in [0, 0.1) is 12.8 Å². The van der Waals surface area contributed by atoms with Gasteiger partial charge in [-0.25, -0.2) is 4.99 Å². The third-order valence-corrected chi connectivity index (χ3v) is 5.51. The molecule has 1 aliphatic rings. The number of amides is 2. The number of anilines is 1. The Hall–Kier alpha value is -2.60. The Bertz CT molecular complexity index is 880. The molecule has 1 heterocycles. The minimum absolute atomic E-state index is 0.0479. The normalized spacial score (nSPS) is 18.1. The summed E-state index contributed by atoms with van der Waals surface area (Å²) in [7, 11) is 0. The second-order valence-corrected chi connectivity index (χ2v) is 8.42. The van der Waals surface area contributed by atoms with Crippen LogP contribution in [0.25, 0.3) is 0 Å². The number of hydrogen-bond donors (Lipinski definition) is 1. The van der Waals surface area contributed by atoms with Crippen molar-refractivity contribution in [2.24, 2.45) is 10.9 Å². The van der Waals surface area contributed by atoms with Gasteiger partial charge in [0.25, 0.3) is 0 Å². The number of aliphatic imine (C=N–C) groups is 1. The molecule has 3 rings (SSSR count). The quantitative estimate of drug-likeness (QED) is 0.777. The lowest BCUT2D eigenvalue weighted by Gasteiger charge is -2.18. The van der Waals surface area contributed by atoms with Crippen molar-refractivity contribution >= 4 is 40.1 Å². The Balaban J connectivity index is 1.74. The maximum absolute atomic E-state index is 12.9. The Morgan fingerprint density at radius 2 is 1.82 bits per heavy atom. The summed E-state index contributed by atoms with van der Waals surface area (Å²) in [6.45, 7) is 6.67. The molecule has 2 aromatic carbocycles. The largest absolute Gasteiger partial charge is 0.326 e. The number of thioether (sulfide) groups is 1. The highest BCUT2D eigenvalue weighted by Gasteiger charge is 2.39. The zero-order valence-electron chi connectivity index (χ0n) is 16.4. The first-order chi connectivity index (χ1) is 13.4. The van der Waals surface area contributed by atoms with E-state index in [1.807, 2.05) is 61.5 Å². The highest BCUT2D eigenvalue weighted by atomic mass is 32.2. The molecule has 28 heavy (non-hydrogen) atoms. The second kappa shape index (κ2) is 9.06. The fourth-order valence-electron chi connectivity index (χ4n) is 2.95. The fourth-order valence-corrected chi connectivity index (χ4v) is 4.12. The van der Waals surface area contributed by atoms with Crippen LogP contribution in [0.1, 0.15) is 25.8 Å². The fraction of sp³-hybridized carbons (Fsp3) is 0.318. The smallest absolute Gasteiger partial charge is 0.242 e. The summed E-state index contributed by atoms with van der Waals surface area (Å²) in [5.41, 5.74) is 2.57. The molecule has 0 saturated carbocycles. The molecule has 5 nitrogen and oxygen atoms in total. The molecule has 6 heteroatoms. The number of carbonyl (C=O) groups is 2. The average Bonchev–Trinajstić information content (AvgIpc) is 2.93. The molecule has 1 atom stereocenters. The topological polar surface area (TPSA) is 61.8 Å². The number of benzene rings is 2. The summed E-state index contributed by atoms with van der Waals surface area (Å²) in [5.74, 6) is 0.101. The van der Waals surface area contributed by atoms with Crippen LogP contribution in [0.2, 0.25) is 0 Å². The molecular formula is C22H25N3O2S. The standard InChI is InChI=1S/C22H25N3O2S/c1-15(2)14-25-21(27)19(28-22(25)23-17-10-5-4-6-11-17)13-20(26)24-18-12-8-7-9-16(18)3/h4-12,15,19H,13-14H2,1-3H3,(H,24,26)/t19-/m0/s1. The molecule has 1 aliphatic heterocycles. The molecule has 2 aromatic rings. The van der Waals surface area contributed by atoms with Crippen LogP contribution in [-0.4, -0.2) is 33.7 Å². The van der Waals surface area contributed by atoms with Crippen molar-refractivity contribution in [2.75, 3.05) is 11.9 Å². The molecule has 0 unspecified atom stereocenters. The molecule has 1 saturated heterocycles. The van der Waals surface area contributed by atoms with Gasteiger partial charge in [0.2, 0.25) is 11.8 Å². The first-order valence-electron chi connectivity index (χ1n) is 9.41. The van der Waals surface area contributed by atoms with E-state index in [0.717, 1.165) is 16.9 Å². The Morgan fingerprint density at radius 1 is 1.14 bits per heavy atom. The van der Waals surface area contributed by atoms with Crippen LogP contribution in [0.15, 0.2) is 59.6 Å². The summed E-state index contributed by atoms with van der Waals surface area (Å²) >= 11 is 1.37. The van der Waals surface area contributed by atoms with Crippen LogP contribution >= 0.6 is 11.8 Å². The summed E-state index contributed by atoms with van der Waals surface area (Å²) in [6, 6.07) is 17.2. The first kappa shape index (κ1) is 20.1. The van der Waals surface area contributed by atoms with Crippen molar-refractivity contribution in [3.8, 4) is 0 Å². The monoisotopic (exact) mass is 395 g/mol. The molecular weight excluding hydrogens is 370 g/mol. The van der Waals surface area contributed by atoms with Gasteiger partial charge in [-0.1, -0.05) is 62.0 Å². The SMILES string of the molecule is Cc1ccccc1NC(=O)C[C@@H]1SC(=Nc2ccccc2)N(CC(C)C)C1=O. The van der Waals surface area contributed by atoms with Gasteiger partial charge >= 0.3 is 0 Å². The van der Waals surface area contributed by atoms with Crippen LogP contribution in [-0.2, 0) is 9.59 Å². The Labute approximate surface area is 170 Å². The van der Waals surface area contributed by atoms with Gasteiger partial charge < -0.3 is 5.32 Å². The predicted molar refractivity (Wildman–Crippen MR) is 116 cm³/mol. The van der Waals surface area contributed by atoms with E-state index in [0.29, 0.717) is 17.6 Å². The van der Waals surface area contributed by atoms with Gasteiger partial charge in [-0.3, -0.25) is 14.5 Å². The maximum atomic E-state index is 12.9. The van der Waals surface area contributed by atoms with Crippen LogP contribution in [0.4, 0.5) is 11.4 Å². The number of aryl methyl sites for hydroxylation is 1. The van der Waals surface area contributed by atoms with Gasteiger partial charge in [0.1, 0.15) is 5.25 Å². The van der Waals surface area contributed by atoms with E-state index in [2.05, 4.69) is 24.2 Å². The molecule has 2 amide bonds. The maximum Gasteiger partial charge on any atom is 0.242 e. The van der Waals surface area contributed by atoms with Crippen LogP contribution in [0.3, 0.4) is 0 Å². The van der Waals surface area contributed by atoms with Crippen molar-refractivity contribution in [2.45, 2.75) is 32.4 Å². The molecule has 146 valence electrons. The molecule has 0 radical (unpaired) electrons. The number of nitrogens with zero attached hydrogens (tertiary/aromatic N) is 2.